The van der Waals surface area contributed by atoms with Crippen molar-refractivity contribution in [3.05, 3.63) is 102 Å². The highest BCUT2D eigenvalue weighted by molar-refractivity contribution is 5.32. The lowest BCUT2D eigenvalue weighted by Gasteiger charge is -2.40. The molecule has 1 aliphatic heterocycles. The van der Waals surface area contributed by atoms with E-state index >= 15 is 0 Å². The van der Waals surface area contributed by atoms with Gasteiger partial charge in [-0.25, -0.2) is 0 Å². The number of aliphatic hydroxyl groups is 1. The van der Waals surface area contributed by atoms with Gasteiger partial charge in [-0.3, -0.25) is 9.80 Å². The number of aliphatic hydroxyl groups excluding tert-OH is 1. The van der Waals surface area contributed by atoms with Crippen molar-refractivity contribution in [3.8, 4) is 5.75 Å². The molecule has 174 valence electrons. The van der Waals surface area contributed by atoms with Gasteiger partial charge in [0.1, 0.15) is 5.75 Å². The molecule has 1 saturated heterocycles. The molecule has 0 amide bonds. The number of rotatable bonds is 7. The molecule has 1 fully saturated rings. The Morgan fingerprint density at radius 2 is 1.36 bits per heavy atom. The highest BCUT2D eigenvalue weighted by Crippen LogP contribution is 2.32. The van der Waals surface area contributed by atoms with E-state index in [0.29, 0.717) is 0 Å². The maximum atomic E-state index is 12.9. The molecule has 1 heterocycles. The molecule has 1 N–H and O–H groups in total. The molecule has 0 aromatic heterocycles. The lowest BCUT2D eigenvalue weighted by molar-refractivity contribution is -0.137. The average Bonchev–Trinajstić information content (AvgIpc) is 2.81. The van der Waals surface area contributed by atoms with Crippen LogP contribution in [0, 0.1) is 0 Å². The third-order valence-electron chi connectivity index (χ3n) is 5.85. The summed E-state index contributed by atoms with van der Waals surface area (Å²) in [6, 6.07) is 25.5. The molecule has 1 atom stereocenters. The smallest absolute Gasteiger partial charge is 0.416 e. The lowest BCUT2D eigenvalue weighted by atomic mass is 9.96. The molecule has 0 bridgehead atoms. The molecule has 4 rings (SSSR count). The minimum atomic E-state index is -4.45. The van der Waals surface area contributed by atoms with E-state index in [4.69, 9.17) is 4.74 Å². The van der Waals surface area contributed by atoms with Crippen LogP contribution in [0.3, 0.4) is 0 Å². The van der Waals surface area contributed by atoms with Crippen LogP contribution in [0.1, 0.15) is 22.7 Å². The topological polar surface area (TPSA) is 35.9 Å². The summed E-state index contributed by atoms with van der Waals surface area (Å²) in [7, 11) is 0. The Hall–Kier alpha value is -2.87. The summed E-state index contributed by atoms with van der Waals surface area (Å²) in [5.41, 5.74) is 1.66. The van der Waals surface area contributed by atoms with E-state index in [1.807, 2.05) is 36.4 Å². The van der Waals surface area contributed by atoms with E-state index in [1.165, 1.54) is 23.3 Å². The fourth-order valence-electron chi connectivity index (χ4n) is 4.25. The summed E-state index contributed by atoms with van der Waals surface area (Å²) in [6.45, 7) is 3.26. The van der Waals surface area contributed by atoms with Crippen molar-refractivity contribution >= 4 is 0 Å². The normalized spacial score (nSPS) is 16.6. The Morgan fingerprint density at radius 3 is 1.91 bits per heavy atom. The zero-order valence-corrected chi connectivity index (χ0v) is 18.2. The van der Waals surface area contributed by atoms with Crippen LogP contribution in [0.2, 0.25) is 0 Å². The van der Waals surface area contributed by atoms with Crippen molar-refractivity contribution in [2.45, 2.75) is 18.5 Å². The van der Waals surface area contributed by atoms with Gasteiger partial charge in [0.25, 0.3) is 0 Å². The monoisotopic (exact) mass is 456 g/mol. The standard InChI is InChI=1S/C26H27F3N2O2/c27-26(28,29)22-12-7-13-23(18-22)33-24(32)19-30-14-16-31(17-15-30)25(20-8-3-1-4-9-20)21-10-5-2-6-11-21/h1-13,18,24-25,32H,14-17,19H2. The Labute approximate surface area is 191 Å². The molecule has 1 unspecified atom stereocenters. The zero-order chi connectivity index (χ0) is 23.3. The van der Waals surface area contributed by atoms with Gasteiger partial charge in [-0.15, -0.1) is 0 Å². The molecule has 4 nitrogen and oxygen atoms in total. The molecule has 3 aromatic rings. The molecule has 0 radical (unpaired) electrons. The van der Waals surface area contributed by atoms with Gasteiger partial charge in [-0.1, -0.05) is 66.7 Å². The van der Waals surface area contributed by atoms with E-state index in [9.17, 15) is 18.3 Å². The fourth-order valence-corrected chi connectivity index (χ4v) is 4.25. The summed E-state index contributed by atoms with van der Waals surface area (Å²) in [5, 5.41) is 10.3. The van der Waals surface area contributed by atoms with Gasteiger partial charge in [0.05, 0.1) is 18.2 Å². The zero-order valence-electron chi connectivity index (χ0n) is 18.2. The molecule has 0 aliphatic carbocycles. The van der Waals surface area contributed by atoms with Crippen LogP contribution in [0.5, 0.6) is 5.75 Å². The van der Waals surface area contributed by atoms with Crippen LogP contribution < -0.4 is 4.74 Å². The number of hydrogen-bond acceptors (Lipinski definition) is 4. The Kier molecular flexibility index (Phi) is 7.33. The minimum Gasteiger partial charge on any atom is -0.464 e. The number of alkyl halides is 3. The third kappa shape index (κ3) is 6.13. The molecule has 33 heavy (non-hydrogen) atoms. The van der Waals surface area contributed by atoms with E-state index < -0.39 is 18.0 Å². The van der Waals surface area contributed by atoms with Crippen LogP contribution in [0.4, 0.5) is 13.2 Å². The first-order valence-electron chi connectivity index (χ1n) is 11.0. The summed E-state index contributed by atoms with van der Waals surface area (Å²) in [6.07, 6.45) is -5.66. The fraction of sp³-hybridized carbons (Fsp3) is 0.308. The van der Waals surface area contributed by atoms with Crippen molar-refractivity contribution in [3.63, 3.8) is 0 Å². The summed E-state index contributed by atoms with van der Waals surface area (Å²) >= 11 is 0. The second kappa shape index (κ2) is 10.4. The van der Waals surface area contributed by atoms with Crippen LogP contribution >= 0.6 is 0 Å². The van der Waals surface area contributed by atoms with E-state index in [2.05, 4.69) is 34.1 Å². The van der Waals surface area contributed by atoms with Gasteiger partial charge in [-0.2, -0.15) is 13.2 Å². The highest BCUT2D eigenvalue weighted by atomic mass is 19.4. The van der Waals surface area contributed by atoms with Gasteiger partial charge in [0.15, 0.2) is 0 Å². The van der Waals surface area contributed by atoms with E-state index in [1.54, 1.807) is 0 Å². The van der Waals surface area contributed by atoms with Crippen molar-refractivity contribution in [2.24, 2.45) is 0 Å². The van der Waals surface area contributed by atoms with Crippen LogP contribution in [0.25, 0.3) is 0 Å². The average molecular weight is 457 g/mol. The second-order valence-electron chi connectivity index (χ2n) is 8.16. The maximum absolute atomic E-state index is 12.9. The SMILES string of the molecule is OC(CN1CCN(C(c2ccccc2)c2ccccc2)CC1)Oc1cccc(C(F)(F)F)c1. The minimum absolute atomic E-state index is 0.00387. The Bertz CT molecular complexity index is 967. The van der Waals surface area contributed by atoms with Crippen LogP contribution in [0.15, 0.2) is 84.9 Å². The van der Waals surface area contributed by atoms with Crippen molar-refractivity contribution < 1.29 is 23.0 Å². The van der Waals surface area contributed by atoms with Gasteiger partial charge in [0, 0.05) is 26.2 Å². The summed E-state index contributed by atoms with van der Waals surface area (Å²) in [4.78, 5) is 4.49. The Balaban J connectivity index is 1.36. The first kappa shape index (κ1) is 23.3. The van der Waals surface area contributed by atoms with Gasteiger partial charge in [0.2, 0.25) is 6.29 Å². The number of benzene rings is 3. The van der Waals surface area contributed by atoms with E-state index in [0.717, 1.165) is 38.3 Å². The number of nitrogens with zero attached hydrogens (tertiary/aromatic N) is 2. The molecule has 3 aromatic carbocycles. The summed E-state index contributed by atoms with van der Waals surface area (Å²) in [5.74, 6) is 0.00387. The molecular weight excluding hydrogens is 429 g/mol. The first-order valence-corrected chi connectivity index (χ1v) is 11.0. The van der Waals surface area contributed by atoms with Crippen molar-refractivity contribution in [2.75, 3.05) is 32.7 Å². The third-order valence-corrected chi connectivity index (χ3v) is 5.85. The molecule has 1 aliphatic rings. The van der Waals surface area contributed by atoms with Crippen LogP contribution in [-0.4, -0.2) is 53.9 Å². The number of halogens is 3. The molecule has 0 spiro atoms. The van der Waals surface area contributed by atoms with E-state index in [-0.39, 0.29) is 18.3 Å². The van der Waals surface area contributed by atoms with Crippen LogP contribution in [-0.2, 0) is 6.18 Å². The lowest BCUT2D eigenvalue weighted by Crippen LogP contribution is -2.50. The maximum Gasteiger partial charge on any atom is 0.416 e. The van der Waals surface area contributed by atoms with Crippen molar-refractivity contribution in [1.29, 1.82) is 0 Å². The highest BCUT2D eigenvalue weighted by Gasteiger charge is 2.31. The quantitative estimate of drug-likeness (QED) is 0.518. The number of piperazine rings is 1. The predicted molar refractivity (Wildman–Crippen MR) is 121 cm³/mol. The second-order valence-corrected chi connectivity index (χ2v) is 8.16. The molecular formula is C26H27F3N2O2. The predicted octanol–water partition coefficient (Wildman–Crippen LogP) is 4.81. The number of hydrogen-bond donors (Lipinski definition) is 1. The van der Waals surface area contributed by atoms with Gasteiger partial charge < -0.3 is 9.84 Å². The summed E-state index contributed by atoms with van der Waals surface area (Å²) < 4.78 is 44.0. The number of ether oxygens (including phenoxy) is 1. The first-order chi connectivity index (χ1) is 15.9. The van der Waals surface area contributed by atoms with Crippen molar-refractivity contribution in [1.82, 2.24) is 9.80 Å². The number of β-amino-alcohol motifs (C(OH)–C–C–N with tert-alkyl or cyclic N) is 1. The molecule has 0 saturated carbocycles. The van der Waals surface area contributed by atoms with Gasteiger partial charge in [-0.05, 0) is 29.3 Å². The van der Waals surface area contributed by atoms with Gasteiger partial charge >= 0.3 is 6.18 Å². The Morgan fingerprint density at radius 1 is 0.788 bits per heavy atom. The largest absolute Gasteiger partial charge is 0.464 e. The molecule has 7 heteroatoms.